The van der Waals surface area contributed by atoms with Crippen LogP contribution in [0.4, 0.5) is 10.1 Å². The van der Waals surface area contributed by atoms with Crippen LogP contribution in [-0.4, -0.2) is 24.5 Å². The number of fused-ring (bicyclic) bond motifs is 1. The highest BCUT2D eigenvalue weighted by Gasteiger charge is 2.19. The van der Waals surface area contributed by atoms with Crippen molar-refractivity contribution in [1.82, 2.24) is 19.6 Å². The van der Waals surface area contributed by atoms with Gasteiger partial charge in [0, 0.05) is 24.5 Å². The Hall–Kier alpha value is -2.90. The van der Waals surface area contributed by atoms with Crippen molar-refractivity contribution in [3.8, 4) is 11.4 Å². The number of aromatic nitrogens is 4. The van der Waals surface area contributed by atoms with Crippen molar-refractivity contribution in [1.29, 1.82) is 0 Å². The lowest BCUT2D eigenvalue weighted by Gasteiger charge is -2.17. The van der Waals surface area contributed by atoms with Crippen molar-refractivity contribution in [3.63, 3.8) is 0 Å². The van der Waals surface area contributed by atoms with E-state index >= 15 is 0 Å². The van der Waals surface area contributed by atoms with Crippen LogP contribution < -0.4 is 0 Å². The summed E-state index contributed by atoms with van der Waals surface area (Å²) in [5.41, 5.74) is 0.580. The van der Waals surface area contributed by atoms with E-state index in [1.807, 2.05) is 20.8 Å². The first-order chi connectivity index (χ1) is 10.8. The lowest BCUT2D eigenvalue weighted by Crippen LogP contribution is -2.12. The number of nitrogens with zero attached hydrogens (tertiary/aromatic N) is 5. The normalized spacial score (nSPS) is 11.8. The third-order valence-corrected chi connectivity index (χ3v) is 3.46. The summed E-state index contributed by atoms with van der Waals surface area (Å²) in [6, 6.07) is 3.26. The van der Waals surface area contributed by atoms with Crippen molar-refractivity contribution >= 4 is 11.5 Å². The van der Waals surface area contributed by atoms with Crippen LogP contribution in [0.5, 0.6) is 0 Å². The monoisotopic (exact) mass is 315 g/mol. The van der Waals surface area contributed by atoms with Crippen molar-refractivity contribution in [2.24, 2.45) is 0 Å². The smallest absolute Gasteiger partial charge is 0.258 e. The summed E-state index contributed by atoms with van der Waals surface area (Å²) in [5, 5.41) is 15.0. The van der Waals surface area contributed by atoms with Gasteiger partial charge in [-0.3, -0.25) is 10.1 Å². The van der Waals surface area contributed by atoms with E-state index in [2.05, 4.69) is 15.1 Å². The number of non-ortho nitro benzene ring substituents is 1. The topological polar surface area (TPSA) is 86.2 Å². The van der Waals surface area contributed by atoms with Gasteiger partial charge in [-0.1, -0.05) is 20.8 Å². The molecule has 0 atom stereocenters. The number of hydrogen-bond donors (Lipinski definition) is 0. The van der Waals surface area contributed by atoms with Gasteiger partial charge in [-0.25, -0.2) is 13.9 Å². The molecule has 2 aromatic heterocycles. The fraction of sp³-hybridized carbons (Fsp3) is 0.267. The third kappa shape index (κ3) is 2.75. The molecule has 1 aromatic carbocycles. The van der Waals surface area contributed by atoms with E-state index in [1.54, 1.807) is 12.4 Å². The van der Waals surface area contributed by atoms with Gasteiger partial charge in [0.25, 0.3) is 11.5 Å². The Morgan fingerprint density at radius 2 is 2.04 bits per heavy atom. The number of rotatable bonds is 2. The van der Waals surface area contributed by atoms with E-state index in [0.717, 1.165) is 23.8 Å². The Balaban J connectivity index is 2.14. The number of hydrogen-bond acceptors (Lipinski definition) is 5. The summed E-state index contributed by atoms with van der Waals surface area (Å²) in [6.45, 7) is 6.11. The predicted molar refractivity (Wildman–Crippen MR) is 81.5 cm³/mol. The standard InChI is InChI=1S/C15H14FN5O2/c1-15(2,3)9-7-17-14-18-13(19-20(14)8-9)11-6-10(21(22)23)4-5-12(11)16/h4-8H,1-3H3. The zero-order valence-electron chi connectivity index (χ0n) is 12.8. The molecule has 0 amide bonds. The van der Waals surface area contributed by atoms with Crippen molar-refractivity contribution in [2.75, 3.05) is 0 Å². The Morgan fingerprint density at radius 1 is 1.30 bits per heavy atom. The zero-order valence-corrected chi connectivity index (χ0v) is 12.8. The van der Waals surface area contributed by atoms with Crippen LogP contribution in [-0.2, 0) is 5.41 Å². The van der Waals surface area contributed by atoms with E-state index in [0.29, 0.717) is 5.78 Å². The fourth-order valence-electron chi connectivity index (χ4n) is 2.08. The minimum Gasteiger partial charge on any atom is -0.258 e. The van der Waals surface area contributed by atoms with Gasteiger partial charge in [0.2, 0.25) is 0 Å². The molecule has 0 radical (unpaired) electrons. The molecule has 0 aliphatic carbocycles. The van der Waals surface area contributed by atoms with E-state index in [9.17, 15) is 14.5 Å². The minimum absolute atomic E-state index is 0.0259. The predicted octanol–water partition coefficient (Wildman–Crippen LogP) is 3.14. The Bertz CT molecular complexity index is 914. The molecule has 0 spiro atoms. The SMILES string of the molecule is CC(C)(C)c1cnc2nc(-c3cc([N+](=O)[O-])ccc3F)nn2c1. The molecule has 3 aromatic rings. The first-order valence-corrected chi connectivity index (χ1v) is 6.93. The molecule has 2 heterocycles. The fourth-order valence-corrected chi connectivity index (χ4v) is 2.08. The molecular weight excluding hydrogens is 301 g/mol. The van der Waals surface area contributed by atoms with Crippen LogP contribution in [0, 0.1) is 15.9 Å². The molecule has 3 rings (SSSR count). The summed E-state index contributed by atoms with van der Waals surface area (Å²) in [6.07, 6.45) is 3.46. The highest BCUT2D eigenvalue weighted by atomic mass is 19.1. The van der Waals surface area contributed by atoms with Gasteiger partial charge in [0.15, 0.2) is 5.82 Å². The van der Waals surface area contributed by atoms with Crippen LogP contribution in [0.25, 0.3) is 17.2 Å². The molecule has 0 fully saturated rings. The average Bonchev–Trinajstić information content (AvgIpc) is 2.89. The lowest BCUT2D eigenvalue weighted by atomic mass is 9.89. The second-order valence-corrected chi connectivity index (χ2v) is 6.19. The van der Waals surface area contributed by atoms with Gasteiger partial charge in [-0.2, -0.15) is 4.98 Å². The lowest BCUT2D eigenvalue weighted by molar-refractivity contribution is -0.384. The second-order valence-electron chi connectivity index (χ2n) is 6.19. The number of nitro benzene ring substituents is 1. The summed E-state index contributed by atoms with van der Waals surface area (Å²) < 4.78 is 15.4. The van der Waals surface area contributed by atoms with E-state index in [4.69, 9.17) is 0 Å². The molecule has 0 bridgehead atoms. The molecule has 0 aliphatic rings. The maximum Gasteiger partial charge on any atom is 0.270 e. The number of nitro groups is 1. The molecule has 8 heteroatoms. The van der Waals surface area contributed by atoms with E-state index in [-0.39, 0.29) is 22.5 Å². The molecule has 0 N–H and O–H groups in total. The molecule has 118 valence electrons. The molecule has 0 saturated heterocycles. The first kappa shape index (κ1) is 15.0. The van der Waals surface area contributed by atoms with Gasteiger partial charge in [-0.15, -0.1) is 5.10 Å². The average molecular weight is 315 g/mol. The van der Waals surface area contributed by atoms with Crippen LogP contribution >= 0.6 is 0 Å². The molecule has 23 heavy (non-hydrogen) atoms. The Labute approximate surface area is 131 Å². The summed E-state index contributed by atoms with van der Waals surface area (Å²) >= 11 is 0. The largest absolute Gasteiger partial charge is 0.270 e. The number of halogens is 1. The van der Waals surface area contributed by atoms with Crippen molar-refractivity contribution in [2.45, 2.75) is 26.2 Å². The van der Waals surface area contributed by atoms with Crippen molar-refractivity contribution in [3.05, 3.63) is 52.1 Å². The maximum atomic E-state index is 14.0. The van der Waals surface area contributed by atoms with E-state index in [1.165, 1.54) is 4.52 Å². The van der Waals surface area contributed by atoms with Crippen LogP contribution in [0.15, 0.2) is 30.6 Å². The van der Waals surface area contributed by atoms with Gasteiger partial charge in [0.1, 0.15) is 5.82 Å². The summed E-state index contributed by atoms with van der Waals surface area (Å²) in [4.78, 5) is 18.6. The minimum atomic E-state index is -0.623. The quantitative estimate of drug-likeness (QED) is 0.535. The van der Waals surface area contributed by atoms with Gasteiger partial charge in [-0.05, 0) is 17.0 Å². The van der Waals surface area contributed by atoms with E-state index < -0.39 is 10.7 Å². The molecule has 0 aliphatic heterocycles. The second kappa shape index (κ2) is 5.08. The summed E-state index contributed by atoms with van der Waals surface area (Å²) in [5.74, 6) is -0.258. The Morgan fingerprint density at radius 3 is 2.70 bits per heavy atom. The zero-order chi connectivity index (χ0) is 16.8. The first-order valence-electron chi connectivity index (χ1n) is 6.93. The van der Waals surface area contributed by atoms with Gasteiger partial charge in [0.05, 0.1) is 10.5 Å². The summed E-state index contributed by atoms with van der Waals surface area (Å²) in [7, 11) is 0. The molecule has 7 nitrogen and oxygen atoms in total. The molecular formula is C15H14FN5O2. The van der Waals surface area contributed by atoms with Crippen LogP contribution in [0.2, 0.25) is 0 Å². The highest BCUT2D eigenvalue weighted by molar-refractivity contribution is 5.61. The van der Waals surface area contributed by atoms with Crippen LogP contribution in [0.3, 0.4) is 0 Å². The van der Waals surface area contributed by atoms with Gasteiger partial charge >= 0.3 is 0 Å². The van der Waals surface area contributed by atoms with Gasteiger partial charge < -0.3 is 0 Å². The van der Waals surface area contributed by atoms with Crippen molar-refractivity contribution < 1.29 is 9.31 Å². The third-order valence-electron chi connectivity index (χ3n) is 3.46. The highest BCUT2D eigenvalue weighted by Crippen LogP contribution is 2.26. The van der Waals surface area contributed by atoms with Crippen LogP contribution in [0.1, 0.15) is 26.3 Å². The molecule has 0 unspecified atom stereocenters. The number of benzene rings is 1. The molecule has 0 saturated carbocycles. The maximum absolute atomic E-state index is 14.0. The Kier molecular flexibility index (Phi) is 3.32.